The van der Waals surface area contributed by atoms with Gasteiger partial charge in [0, 0.05) is 25.0 Å². The van der Waals surface area contributed by atoms with E-state index in [1.807, 2.05) is 0 Å². The van der Waals surface area contributed by atoms with Gasteiger partial charge in [0.25, 0.3) is 0 Å². The number of methoxy groups -OCH3 is 1. The maximum Gasteiger partial charge on any atom is 0.311 e. The summed E-state index contributed by atoms with van der Waals surface area (Å²) < 4.78 is 11.4. The smallest absolute Gasteiger partial charge is 0.311 e. The molecule has 0 spiro atoms. The summed E-state index contributed by atoms with van der Waals surface area (Å²) in [6, 6.07) is 13.0. The number of allylic oxidation sites excluding steroid dienone is 4. The Kier molecular flexibility index (Phi) is 6.31. The minimum atomic E-state index is -0.0948. The number of carbonyl (C=O) groups is 1. The number of hydrogen-bond donors (Lipinski definition) is 0. The van der Waals surface area contributed by atoms with Crippen LogP contribution in [0.3, 0.4) is 0 Å². The van der Waals surface area contributed by atoms with Crippen molar-refractivity contribution in [2.45, 2.75) is 44.8 Å². The van der Waals surface area contributed by atoms with Crippen LogP contribution in [0.4, 0.5) is 0 Å². The molecule has 2 aromatic rings. The molecule has 0 radical (unpaired) electrons. The third-order valence-electron chi connectivity index (χ3n) is 7.43. The van der Waals surface area contributed by atoms with E-state index in [0.29, 0.717) is 12.0 Å². The highest BCUT2D eigenvalue weighted by molar-refractivity contribution is 5.88. The molecule has 0 amide bonds. The van der Waals surface area contributed by atoms with Crippen molar-refractivity contribution in [3.05, 3.63) is 66.3 Å². The van der Waals surface area contributed by atoms with Crippen molar-refractivity contribution in [2.24, 2.45) is 17.8 Å². The second kappa shape index (κ2) is 9.50. The minimum absolute atomic E-state index is 0.0288. The quantitative estimate of drug-likeness (QED) is 0.565. The van der Waals surface area contributed by atoms with E-state index in [-0.39, 0.29) is 11.9 Å². The Morgan fingerprint density at radius 1 is 1.06 bits per heavy atom. The van der Waals surface area contributed by atoms with Crippen LogP contribution in [0.25, 0.3) is 10.8 Å². The van der Waals surface area contributed by atoms with Crippen LogP contribution >= 0.6 is 0 Å². The van der Waals surface area contributed by atoms with Gasteiger partial charge in [-0.25, -0.2) is 0 Å². The Morgan fingerprint density at radius 2 is 1.91 bits per heavy atom. The largest absolute Gasteiger partial charge is 0.490 e. The second-order valence-corrected chi connectivity index (χ2v) is 9.59. The number of ether oxygens (including phenoxy) is 2. The van der Waals surface area contributed by atoms with Crippen molar-refractivity contribution >= 4 is 16.7 Å². The van der Waals surface area contributed by atoms with Gasteiger partial charge in [0.1, 0.15) is 5.75 Å². The van der Waals surface area contributed by atoms with Gasteiger partial charge in [0.15, 0.2) is 0 Å². The van der Waals surface area contributed by atoms with E-state index >= 15 is 0 Å². The van der Waals surface area contributed by atoms with Gasteiger partial charge in [-0.3, -0.25) is 9.69 Å². The molecular weight excluding hydrogens is 398 g/mol. The zero-order valence-electron chi connectivity index (χ0n) is 18.9. The monoisotopic (exact) mass is 431 g/mol. The molecule has 2 fully saturated rings. The van der Waals surface area contributed by atoms with Crippen LogP contribution in [-0.2, 0) is 16.1 Å². The summed E-state index contributed by atoms with van der Waals surface area (Å²) in [5.41, 5.74) is 1.27. The zero-order chi connectivity index (χ0) is 21.9. The Hall–Kier alpha value is -2.59. The third-order valence-corrected chi connectivity index (χ3v) is 7.43. The predicted octanol–water partition coefficient (Wildman–Crippen LogP) is 5.51. The molecule has 168 valence electrons. The summed E-state index contributed by atoms with van der Waals surface area (Å²) in [6.07, 6.45) is 15.4. The number of carbonyl (C=O) groups excluding carboxylic acids is 1. The SMILES string of the molecule is COC(=O)C1CN(Cc2ccc3c(OC4CCC(C5C=CC=CC5)CC4)cccc3c2)C1. The van der Waals surface area contributed by atoms with Gasteiger partial charge in [0.05, 0.1) is 19.1 Å². The molecule has 1 heterocycles. The summed E-state index contributed by atoms with van der Waals surface area (Å²) in [5, 5.41) is 2.41. The first-order valence-electron chi connectivity index (χ1n) is 12.0. The van der Waals surface area contributed by atoms with Gasteiger partial charge in [0.2, 0.25) is 0 Å². The van der Waals surface area contributed by atoms with Crippen molar-refractivity contribution < 1.29 is 14.3 Å². The number of nitrogens with zero attached hydrogens (tertiary/aromatic N) is 1. The number of likely N-dealkylation sites (tertiary alicyclic amines) is 1. The third kappa shape index (κ3) is 4.61. The first-order chi connectivity index (χ1) is 15.7. The van der Waals surface area contributed by atoms with E-state index in [1.165, 1.54) is 42.7 Å². The minimum Gasteiger partial charge on any atom is -0.490 e. The molecule has 1 unspecified atom stereocenters. The maximum absolute atomic E-state index is 11.6. The fourth-order valence-corrected chi connectivity index (χ4v) is 5.54. The normalized spacial score (nSPS) is 26.1. The van der Waals surface area contributed by atoms with E-state index in [9.17, 15) is 4.79 Å². The summed E-state index contributed by atoms with van der Waals surface area (Å²) >= 11 is 0. The summed E-state index contributed by atoms with van der Waals surface area (Å²) in [4.78, 5) is 13.9. The van der Waals surface area contributed by atoms with Crippen LogP contribution in [0, 0.1) is 17.8 Å². The molecule has 2 aromatic carbocycles. The standard InChI is InChI=1S/C28H33NO3/c1-31-28(30)24-18-29(19-24)17-20-10-15-26-23(16-20)8-5-9-27(26)32-25-13-11-22(12-14-25)21-6-3-2-4-7-21/h2-6,8-10,15-16,21-22,24-25H,7,11-14,17-19H2,1H3. The molecule has 1 saturated heterocycles. The molecule has 1 aliphatic heterocycles. The highest BCUT2D eigenvalue weighted by Gasteiger charge is 2.33. The fraction of sp³-hybridized carbons (Fsp3) is 0.464. The lowest BCUT2D eigenvalue weighted by molar-refractivity contribution is -0.151. The van der Waals surface area contributed by atoms with Crippen molar-refractivity contribution in [2.75, 3.05) is 20.2 Å². The van der Waals surface area contributed by atoms with Crippen LogP contribution in [0.15, 0.2) is 60.7 Å². The molecule has 0 aromatic heterocycles. The van der Waals surface area contributed by atoms with Gasteiger partial charge in [-0.2, -0.15) is 0 Å². The fourth-order valence-electron chi connectivity index (χ4n) is 5.54. The summed E-state index contributed by atoms with van der Waals surface area (Å²) in [6.45, 7) is 2.43. The first kappa shape index (κ1) is 21.3. The highest BCUT2D eigenvalue weighted by atomic mass is 16.5. The van der Waals surface area contributed by atoms with Gasteiger partial charge >= 0.3 is 5.97 Å². The predicted molar refractivity (Wildman–Crippen MR) is 127 cm³/mol. The lowest BCUT2D eigenvalue weighted by Crippen LogP contribution is -2.49. The van der Waals surface area contributed by atoms with Crippen molar-refractivity contribution in [1.82, 2.24) is 4.90 Å². The Labute approximate surface area is 190 Å². The summed E-state index contributed by atoms with van der Waals surface area (Å²) in [5.74, 6) is 2.45. The van der Waals surface area contributed by atoms with Crippen molar-refractivity contribution in [3.63, 3.8) is 0 Å². The van der Waals surface area contributed by atoms with Gasteiger partial charge in [-0.15, -0.1) is 0 Å². The molecule has 0 N–H and O–H groups in total. The average Bonchev–Trinajstić information content (AvgIpc) is 2.82. The topological polar surface area (TPSA) is 38.8 Å². The maximum atomic E-state index is 11.6. The van der Waals surface area contributed by atoms with Crippen LogP contribution in [0.2, 0.25) is 0 Å². The Morgan fingerprint density at radius 3 is 2.66 bits per heavy atom. The van der Waals surface area contributed by atoms with E-state index in [2.05, 4.69) is 65.6 Å². The van der Waals surface area contributed by atoms with Crippen LogP contribution < -0.4 is 4.74 Å². The van der Waals surface area contributed by atoms with E-state index in [0.717, 1.165) is 44.1 Å². The molecule has 0 bridgehead atoms. The molecule has 1 atom stereocenters. The number of rotatable bonds is 6. The van der Waals surface area contributed by atoms with E-state index in [1.54, 1.807) is 0 Å². The lowest BCUT2D eigenvalue weighted by Gasteiger charge is -2.37. The molecule has 5 rings (SSSR count). The lowest BCUT2D eigenvalue weighted by atomic mass is 9.76. The summed E-state index contributed by atoms with van der Waals surface area (Å²) in [7, 11) is 1.46. The number of hydrogen-bond acceptors (Lipinski definition) is 4. The second-order valence-electron chi connectivity index (χ2n) is 9.59. The van der Waals surface area contributed by atoms with Gasteiger partial charge in [-0.1, -0.05) is 48.6 Å². The molecule has 4 heteroatoms. The van der Waals surface area contributed by atoms with Crippen LogP contribution in [0.5, 0.6) is 5.75 Å². The van der Waals surface area contributed by atoms with Gasteiger partial charge < -0.3 is 9.47 Å². The molecular formula is C28H33NO3. The highest BCUT2D eigenvalue weighted by Crippen LogP contribution is 2.37. The van der Waals surface area contributed by atoms with Crippen LogP contribution in [0.1, 0.15) is 37.7 Å². The number of benzene rings is 2. The number of fused-ring (bicyclic) bond motifs is 1. The molecule has 32 heavy (non-hydrogen) atoms. The van der Waals surface area contributed by atoms with Crippen molar-refractivity contribution in [3.8, 4) is 5.75 Å². The number of esters is 1. The molecule has 1 saturated carbocycles. The molecule has 2 aliphatic carbocycles. The molecule has 4 nitrogen and oxygen atoms in total. The Bertz CT molecular complexity index is 1010. The first-order valence-corrected chi connectivity index (χ1v) is 12.0. The van der Waals surface area contributed by atoms with Crippen LogP contribution in [-0.4, -0.2) is 37.2 Å². The van der Waals surface area contributed by atoms with E-state index in [4.69, 9.17) is 9.47 Å². The van der Waals surface area contributed by atoms with Gasteiger partial charge in [-0.05, 0) is 67.0 Å². The zero-order valence-corrected chi connectivity index (χ0v) is 18.9. The average molecular weight is 432 g/mol. The van der Waals surface area contributed by atoms with E-state index < -0.39 is 0 Å². The van der Waals surface area contributed by atoms with Crippen molar-refractivity contribution in [1.29, 1.82) is 0 Å². The molecule has 3 aliphatic rings. The Balaban J connectivity index is 1.19.